The van der Waals surface area contributed by atoms with Crippen LogP contribution in [0.25, 0.3) is 0 Å². The molecule has 1 N–H and O–H groups in total. The maximum atomic E-state index is 12.3. The monoisotopic (exact) mass is 312 g/mol. The molecule has 0 aromatic heterocycles. The van der Waals surface area contributed by atoms with E-state index in [4.69, 9.17) is 9.84 Å². The maximum Gasteiger partial charge on any atom is 0.338 e. The number of carbonyl (C=O) groups is 2. The molecule has 0 aliphatic carbocycles. The minimum absolute atomic E-state index is 0.0853. The third-order valence-corrected chi connectivity index (χ3v) is 3.67. The van der Waals surface area contributed by atoms with Gasteiger partial charge < -0.3 is 9.84 Å². The Kier molecular flexibility index (Phi) is 5.66. The van der Waals surface area contributed by atoms with Crippen LogP contribution in [0, 0.1) is 0 Å². The smallest absolute Gasteiger partial charge is 0.338 e. The van der Waals surface area contributed by atoms with E-state index in [2.05, 4.69) is 0 Å². The number of aryl methyl sites for hydroxylation is 1. The molecule has 0 saturated carbocycles. The van der Waals surface area contributed by atoms with Gasteiger partial charge in [0.1, 0.15) is 0 Å². The average molecular weight is 312 g/mol. The second-order valence-corrected chi connectivity index (χ2v) is 5.32. The molecule has 2 aromatic carbocycles. The van der Waals surface area contributed by atoms with E-state index in [0.29, 0.717) is 16.7 Å². The van der Waals surface area contributed by atoms with Gasteiger partial charge in [0.25, 0.3) is 0 Å². The number of aliphatic hydroxyl groups excluding tert-OH is 1. The highest BCUT2D eigenvalue weighted by atomic mass is 16.5. The Labute approximate surface area is 135 Å². The molecule has 0 amide bonds. The summed E-state index contributed by atoms with van der Waals surface area (Å²) in [5, 5.41) is 8.99. The summed E-state index contributed by atoms with van der Waals surface area (Å²) in [6.45, 7) is 3.53. The van der Waals surface area contributed by atoms with E-state index < -0.39 is 12.1 Å². The van der Waals surface area contributed by atoms with E-state index in [1.54, 1.807) is 43.3 Å². The SMILES string of the molecule is CCc1ccc(C(=O)[C@H](C)OC(=O)c2ccc(CO)cc2)cc1. The molecule has 0 spiro atoms. The lowest BCUT2D eigenvalue weighted by molar-refractivity contribution is 0.0319. The summed E-state index contributed by atoms with van der Waals surface area (Å²) < 4.78 is 5.23. The molecule has 0 bridgehead atoms. The Morgan fingerprint density at radius 3 is 2.00 bits per heavy atom. The Morgan fingerprint density at radius 1 is 0.957 bits per heavy atom. The lowest BCUT2D eigenvalue weighted by atomic mass is 10.0. The van der Waals surface area contributed by atoms with Crippen molar-refractivity contribution in [2.45, 2.75) is 33.0 Å². The molecule has 120 valence electrons. The van der Waals surface area contributed by atoms with Gasteiger partial charge in [0.15, 0.2) is 6.10 Å². The Hall–Kier alpha value is -2.46. The van der Waals surface area contributed by atoms with Crippen molar-refractivity contribution in [1.29, 1.82) is 0 Å². The van der Waals surface area contributed by atoms with Crippen LogP contribution in [0.5, 0.6) is 0 Å². The lowest BCUT2D eigenvalue weighted by Gasteiger charge is -2.13. The van der Waals surface area contributed by atoms with Crippen molar-refractivity contribution in [2.75, 3.05) is 0 Å². The summed E-state index contributed by atoms with van der Waals surface area (Å²) in [5.74, 6) is -0.784. The minimum atomic E-state index is -0.854. The van der Waals surface area contributed by atoms with Gasteiger partial charge in [-0.05, 0) is 36.6 Å². The number of aliphatic hydroxyl groups is 1. The largest absolute Gasteiger partial charge is 0.451 e. The third-order valence-electron chi connectivity index (χ3n) is 3.67. The summed E-state index contributed by atoms with van der Waals surface area (Å²) in [5.41, 5.74) is 2.73. The maximum absolute atomic E-state index is 12.3. The molecule has 4 heteroatoms. The van der Waals surface area contributed by atoms with Crippen LogP contribution in [0.2, 0.25) is 0 Å². The van der Waals surface area contributed by atoms with Gasteiger partial charge in [0.2, 0.25) is 5.78 Å². The number of ether oxygens (including phenoxy) is 1. The van der Waals surface area contributed by atoms with Gasteiger partial charge in [-0.2, -0.15) is 0 Å². The number of carbonyl (C=O) groups excluding carboxylic acids is 2. The molecule has 0 saturated heterocycles. The summed E-state index contributed by atoms with van der Waals surface area (Å²) in [7, 11) is 0. The third kappa shape index (κ3) is 4.27. The molecule has 0 aliphatic heterocycles. The number of hydrogen-bond donors (Lipinski definition) is 1. The van der Waals surface area contributed by atoms with Crippen LogP contribution in [-0.2, 0) is 17.8 Å². The number of rotatable bonds is 6. The highest BCUT2D eigenvalue weighted by Gasteiger charge is 2.20. The van der Waals surface area contributed by atoms with Gasteiger partial charge in [0.05, 0.1) is 12.2 Å². The Morgan fingerprint density at radius 2 is 1.48 bits per heavy atom. The standard InChI is InChI=1S/C19H20O4/c1-3-14-4-8-16(9-5-14)18(21)13(2)23-19(22)17-10-6-15(12-20)7-11-17/h4-11,13,20H,3,12H2,1-2H3/t13-/m0/s1. The molecule has 2 rings (SSSR count). The first kappa shape index (κ1) is 16.9. The molecule has 2 aromatic rings. The number of ketones is 1. The van der Waals surface area contributed by atoms with Crippen LogP contribution >= 0.6 is 0 Å². The normalized spacial score (nSPS) is 11.8. The first-order valence-electron chi connectivity index (χ1n) is 7.59. The van der Waals surface area contributed by atoms with Crippen LogP contribution < -0.4 is 0 Å². The zero-order valence-corrected chi connectivity index (χ0v) is 13.3. The lowest BCUT2D eigenvalue weighted by Crippen LogP contribution is -2.24. The summed E-state index contributed by atoms with van der Waals surface area (Å²) >= 11 is 0. The van der Waals surface area contributed by atoms with Crippen LogP contribution in [-0.4, -0.2) is 23.0 Å². The summed E-state index contributed by atoms with van der Waals surface area (Å²) in [6, 6.07) is 13.7. The average Bonchev–Trinajstić information content (AvgIpc) is 2.61. The van der Waals surface area contributed by atoms with Crippen molar-refractivity contribution in [3.8, 4) is 0 Å². The van der Waals surface area contributed by atoms with Crippen LogP contribution in [0.1, 0.15) is 45.7 Å². The highest BCUT2D eigenvalue weighted by molar-refractivity contribution is 6.01. The number of benzene rings is 2. The second kappa shape index (κ2) is 7.70. The predicted molar refractivity (Wildman–Crippen MR) is 87.4 cm³/mol. The van der Waals surface area contributed by atoms with Crippen molar-refractivity contribution in [1.82, 2.24) is 0 Å². The zero-order chi connectivity index (χ0) is 16.8. The molecule has 4 nitrogen and oxygen atoms in total. The van der Waals surface area contributed by atoms with Gasteiger partial charge in [-0.1, -0.05) is 43.3 Å². The van der Waals surface area contributed by atoms with Crippen molar-refractivity contribution < 1.29 is 19.4 Å². The van der Waals surface area contributed by atoms with Crippen molar-refractivity contribution in [2.24, 2.45) is 0 Å². The number of esters is 1. The molecule has 1 atom stereocenters. The quantitative estimate of drug-likeness (QED) is 0.657. The minimum Gasteiger partial charge on any atom is -0.451 e. The summed E-state index contributed by atoms with van der Waals surface area (Å²) in [4.78, 5) is 24.4. The predicted octanol–water partition coefficient (Wildman–Crippen LogP) is 3.17. The fourth-order valence-corrected chi connectivity index (χ4v) is 2.17. The fourth-order valence-electron chi connectivity index (χ4n) is 2.17. The van der Waals surface area contributed by atoms with Crippen LogP contribution in [0.4, 0.5) is 0 Å². The molecule has 0 fully saturated rings. The number of Topliss-reactive ketones (excluding diaryl/α,β-unsaturated/α-hetero) is 1. The highest BCUT2D eigenvalue weighted by Crippen LogP contribution is 2.12. The Balaban J connectivity index is 2.02. The molecule has 23 heavy (non-hydrogen) atoms. The molecule has 0 radical (unpaired) electrons. The topological polar surface area (TPSA) is 63.6 Å². The summed E-state index contributed by atoms with van der Waals surface area (Å²) in [6.07, 6.45) is 0.0514. The molecular formula is C19H20O4. The van der Waals surface area contributed by atoms with E-state index in [0.717, 1.165) is 12.0 Å². The van der Waals surface area contributed by atoms with Crippen molar-refractivity contribution in [3.05, 3.63) is 70.8 Å². The van der Waals surface area contributed by atoms with Gasteiger partial charge in [-0.3, -0.25) is 4.79 Å². The fraction of sp³-hybridized carbons (Fsp3) is 0.263. The van der Waals surface area contributed by atoms with E-state index in [1.165, 1.54) is 0 Å². The first-order chi connectivity index (χ1) is 11.0. The zero-order valence-electron chi connectivity index (χ0n) is 13.3. The van der Waals surface area contributed by atoms with Gasteiger partial charge in [-0.15, -0.1) is 0 Å². The first-order valence-corrected chi connectivity index (χ1v) is 7.59. The number of hydrogen-bond acceptors (Lipinski definition) is 4. The molecule has 0 heterocycles. The Bertz CT molecular complexity index is 672. The molecule has 0 aliphatic rings. The van der Waals surface area contributed by atoms with Crippen LogP contribution in [0.15, 0.2) is 48.5 Å². The van der Waals surface area contributed by atoms with E-state index >= 15 is 0 Å². The second-order valence-electron chi connectivity index (χ2n) is 5.32. The van der Waals surface area contributed by atoms with Gasteiger partial charge in [-0.25, -0.2) is 4.79 Å². The van der Waals surface area contributed by atoms with E-state index in [9.17, 15) is 9.59 Å². The van der Waals surface area contributed by atoms with Crippen LogP contribution in [0.3, 0.4) is 0 Å². The molecular weight excluding hydrogens is 292 g/mol. The van der Waals surface area contributed by atoms with Gasteiger partial charge in [0, 0.05) is 5.56 Å². The van der Waals surface area contributed by atoms with Crippen molar-refractivity contribution in [3.63, 3.8) is 0 Å². The van der Waals surface area contributed by atoms with Crippen molar-refractivity contribution >= 4 is 11.8 Å². The van der Waals surface area contributed by atoms with E-state index in [-0.39, 0.29) is 12.4 Å². The molecule has 0 unspecified atom stereocenters. The van der Waals surface area contributed by atoms with Gasteiger partial charge >= 0.3 is 5.97 Å². The van der Waals surface area contributed by atoms with E-state index in [1.807, 2.05) is 19.1 Å².